The number of carbonyl (C=O) groups is 1. The highest BCUT2D eigenvalue weighted by atomic mass is 32.1. The second-order valence-electron chi connectivity index (χ2n) is 3.62. The Bertz CT molecular complexity index is 394. The summed E-state index contributed by atoms with van der Waals surface area (Å²) in [6.45, 7) is 6.00. The fourth-order valence-electron chi connectivity index (χ4n) is 1.18. The van der Waals surface area contributed by atoms with Gasteiger partial charge in [0, 0.05) is 16.6 Å². The van der Waals surface area contributed by atoms with Gasteiger partial charge in [0.2, 0.25) is 5.91 Å². The summed E-state index contributed by atoms with van der Waals surface area (Å²) >= 11 is 6.49. The van der Waals surface area contributed by atoms with Gasteiger partial charge in [-0.2, -0.15) is 0 Å². The van der Waals surface area contributed by atoms with Crippen molar-refractivity contribution < 1.29 is 4.79 Å². The Morgan fingerprint density at radius 2 is 2.33 bits per heavy atom. The fraction of sp³-hybridized carbons (Fsp3) is 0.600. The molecule has 1 aromatic rings. The highest BCUT2D eigenvalue weighted by molar-refractivity contribution is 7.73. The number of aromatic nitrogens is 1. The van der Waals surface area contributed by atoms with Crippen molar-refractivity contribution in [3.8, 4) is 0 Å². The monoisotopic (exact) mass is 244 g/mol. The lowest BCUT2D eigenvalue weighted by molar-refractivity contribution is -0.121. The molecule has 1 unspecified atom stereocenters. The van der Waals surface area contributed by atoms with E-state index in [1.54, 1.807) is 0 Å². The van der Waals surface area contributed by atoms with Crippen molar-refractivity contribution in [1.29, 1.82) is 0 Å². The summed E-state index contributed by atoms with van der Waals surface area (Å²) in [6, 6.07) is 0.240. The third kappa shape index (κ3) is 3.76. The van der Waals surface area contributed by atoms with Gasteiger partial charge in [0.15, 0.2) is 3.95 Å². The van der Waals surface area contributed by atoms with E-state index in [0.717, 1.165) is 20.9 Å². The molecule has 0 fully saturated rings. The molecule has 1 rings (SSSR count). The van der Waals surface area contributed by atoms with E-state index in [4.69, 9.17) is 12.2 Å². The summed E-state index contributed by atoms with van der Waals surface area (Å²) in [6.07, 6.45) is 1.38. The van der Waals surface area contributed by atoms with Crippen LogP contribution in [0.4, 0.5) is 0 Å². The third-order valence-electron chi connectivity index (χ3n) is 2.26. The van der Waals surface area contributed by atoms with E-state index in [2.05, 4.69) is 17.2 Å². The van der Waals surface area contributed by atoms with Crippen molar-refractivity contribution in [2.45, 2.75) is 39.7 Å². The second kappa shape index (κ2) is 5.42. The van der Waals surface area contributed by atoms with Crippen molar-refractivity contribution in [3.05, 3.63) is 14.5 Å². The van der Waals surface area contributed by atoms with Crippen LogP contribution in [0.5, 0.6) is 0 Å². The second-order valence-corrected chi connectivity index (χ2v) is 5.39. The molecular weight excluding hydrogens is 228 g/mol. The molecule has 0 spiro atoms. The fourth-order valence-corrected chi connectivity index (χ4v) is 2.47. The molecule has 0 aliphatic heterocycles. The zero-order valence-corrected chi connectivity index (χ0v) is 10.8. The Kier molecular flexibility index (Phi) is 4.47. The molecule has 0 saturated heterocycles. The Morgan fingerprint density at radius 1 is 1.67 bits per heavy atom. The van der Waals surface area contributed by atoms with Gasteiger partial charge in [0.1, 0.15) is 0 Å². The van der Waals surface area contributed by atoms with Gasteiger partial charge in [-0.1, -0.05) is 6.92 Å². The van der Waals surface area contributed by atoms with Crippen molar-refractivity contribution in [2.24, 2.45) is 0 Å². The van der Waals surface area contributed by atoms with E-state index in [1.165, 1.54) is 11.3 Å². The number of H-pyrrole nitrogens is 1. The van der Waals surface area contributed by atoms with Crippen LogP contribution in [0.3, 0.4) is 0 Å². The molecule has 0 radical (unpaired) electrons. The smallest absolute Gasteiger partial charge is 0.225 e. The third-order valence-corrected chi connectivity index (χ3v) is 3.60. The van der Waals surface area contributed by atoms with Gasteiger partial charge in [-0.05, 0) is 32.5 Å². The molecule has 2 N–H and O–H groups in total. The molecular formula is C10H16N2OS2. The normalized spacial score (nSPS) is 12.5. The van der Waals surface area contributed by atoms with E-state index >= 15 is 0 Å². The molecule has 3 nitrogen and oxygen atoms in total. The lowest BCUT2D eigenvalue weighted by atomic mass is 10.2. The first kappa shape index (κ1) is 12.4. The van der Waals surface area contributed by atoms with Crippen LogP contribution >= 0.6 is 23.6 Å². The number of carbonyl (C=O) groups excluding carboxylic acids is 1. The van der Waals surface area contributed by atoms with E-state index in [-0.39, 0.29) is 11.9 Å². The molecule has 0 bridgehead atoms. The van der Waals surface area contributed by atoms with Crippen LogP contribution in [0.25, 0.3) is 0 Å². The van der Waals surface area contributed by atoms with Crippen LogP contribution in [-0.4, -0.2) is 16.9 Å². The molecule has 0 saturated carbocycles. The van der Waals surface area contributed by atoms with Gasteiger partial charge in [0.05, 0.1) is 6.42 Å². The van der Waals surface area contributed by atoms with E-state index < -0.39 is 0 Å². The Labute approximate surface area is 98.9 Å². The summed E-state index contributed by atoms with van der Waals surface area (Å²) in [5.74, 6) is 0.0673. The van der Waals surface area contributed by atoms with Crippen LogP contribution in [-0.2, 0) is 11.2 Å². The molecule has 0 aliphatic carbocycles. The highest BCUT2D eigenvalue weighted by Gasteiger charge is 2.10. The van der Waals surface area contributed by atoms with Crippen LogP contribution in [0, 0.1) is 10.9 Å². The van der Waals surface area contributed by atoms with Crippen molar-refractivity contribution in [2.75, 3.05) is 0 Å². The first-order valence-electron chi connectivity index (χ1n) is 5.00. The van der Waals surface area contributed by atoms with Crippen LogP contribution < -0.4 is 5.32 Å². The largest absolute Gasteiger partial charge is 0.353 e. The minimum Gasteiger partial charge on any atom is -0.353 e. The number of hydrogen-bond acceptors (Lipinski definition) is 3. The quantitative estimate of drug-likeness (QED) is 0.800. The Balaban J connectivity index is 2.59. The van der Waals surface area contributed by atoms with Crippen LogP contribution in [0.2, 0.25) is 0 Å². The van der Waals surface area contributed by atoms with Crippen LogP contribution in [0.15, 0.2) is 0 Å². The number of thiazole rings is 1. The molecule has 0 aliphatic rings. The predicted octanol–water partition coefficient (Wildman–Crippen LogP) is 2.57. The summed E-state index contributed by atoms with van der Waals surface area (Å²) < 4.78 is 0.735. The Morgan fingerprint density at radius 3 is 2.80 bits per heavy atom. The number of aromatic amines is 1. The van der Waals surface area contributed by atoms with E-state index in [1.807, 2.05) is 13.8 Å². The maximum absolute atomic E-state index is 11.6. The van der Waals surface area contributed by atoms with Crippen LogP contribution in [0.1, 0.15) is 30.8 Å². The van der Waals surface area contributed by atoms with Gasteiger partial charge in [-0.3, -0.25) is 4.79 Å². The molecule has 5 heteroatoms. The van der Waals surface area contributed by atoms with Gasteiger partial charge in [-0.25, -0.2) is 0 Å². The lowest BCUT2D eigenvalue weighted by Crippen LogP contribution is -2.33. The van der Waals surface area contributed by atoms with Gasteiger partial charge >= 0.3 is 0 Å². The first-order chi connectivity index (χ1) is 7.02. The minimum absolute atomic E-state index is 0.0673. The molecule has 84 valence electrons. The van der Waals surface area contributed by atoms with E-state index in [9.17, 15) is 4.79 Å². The van der Waals surface area contributed by atoms with Crippen molar-refractivity contribution in [1.82, 2.24) is 10.3 Å². The number of amides is 1. The maximum Gasteiger partial charge on any atom is 0.225 e. The number of rotatable bonds is 4. The van der Waals surface area contributed by atoms with Gasteiger partial charge < -0.3 is 10.3 Å². The molecule has 1 atom stereocenters. The Hall–Kier alpha value is -0.680. The molecule has 0 aromatic carbocycles. The number of nitrogens with one attached hydrogen (secondary N) is 2. The standard InChI is InChI=1S/C10H16N2OS2/c1-4-6(2)11-9(13)5-8-7(3)12-10(14)15-8/h6H,4-5H2,1-3H3,(H,11,13)(H,12,14). The zero-order valence-electron chi connectivity index (χ0n) is 9.22. The zero-order chi connectivity index (χ0) is 11.4. The van der Waals surface area contributed by atoms with Gasteiger partial charge in [0.25, 0.3) is 0 Å². The maximum atomic E-state index is 11.6. The number of aryl methyl sites for hydroxylation is 1. The summed E-state index contributed by atoms with van der Waals surface area (Å²) in [5, 5.41) is 2.93. The first-order valence-corrected chi connectivity index (χ1v) is 6.23. The molecule has 15 heavy (non-hydrogen) atoms. The molecule has 1 heterocycles. The summed E-state index contributed by atoms with van der Waals surface area (Å²) in [5.41, 5.74) is 1.00. The van der Waals surface area contributed by atoms with Crippen molar-refractivity contribution >= 4 is 29.5 Å². The van der Waals surface area contributed by atoms with Gasteiger partial charge in [-0.15, -0.1) is 11.3 Å². The average molecular weight is 244 g/mol. The summed E-state index contributed by atoms with van der Waals surface area (Å²) in [4.78, 5) is 15.7. The topological polar surface area (TPSA) is 44.9 Å². The summed E-state index contributed by atoms with van der Waals surface area (Å²) in [7, 11) is 0. The average Bonchev–Trinajstić information content (AvgIpc) is 2.44. The highest BCUT2D eigenvalue weighted by Crippen LogP contribution is 2.14. The number of hydrogen-bond donors (Lipinski definition) is 2. The lowest BCUT2D eigenvalue weighted by Gasteiger charge is -2.10. The minimum atomic E-state index is 0.0673. The van der Waals surface area contributed by atoms with Crippen molar-refractivity contribution in [3.63, 3.8) is 0 Å². The van der Waals surface area contributed by atoms with E-state index in [0.29, 0.717) is 6.42 Å². The SMILES string of the molecule is CCC(C)NC(=O)Cc1sc(=S)[nH]c1C. The molecule has 1 amide bonds. The predicted molar refractivity (Wildman–Crippen MR) is 65.8 cm³/mol. The molecule has 1 aromatic heterocycles.